The number of ketones is 1. The molecule has 1 N–H and O–H groups in total. The molecule has 5 fully saturated rings. The quantitative estimate of drug-likeness (QED) is 0.246. The van der Waals surface area contributed by atoms with Gasteiger partial charge >= 0.3 is 0 Å². The topological polar surface area (TPSA) is 92.3 Å². The number of carbonyl (C=O) groups excluding carboxylic acids is 2. The molecule has 1 amide bonds. The Morgan fingerprint density at radius 3 is 2.54 bits per heavy atom. The zero-order chi connectivity index (χ0) is 28.8. The molecule has 7 rings (SSSR count). The lowest BCUT2D eigenvalue weighted by molar-refractivity contribution is -0.571. The first-order chi connectivity index (χ1) is 19.7. The molecular formula is C32H36ClNO7. The van der Waals surface area contributed by atoms with E-state index in [-0.39, 0.29) is 36.1 Å². The first-order valence-electron chi connectivity index (χ1n) is 14.4. The molecular weight excluding hydrogens is 546 g/mol. The standard InChI is InChI=1S/C32H36ClNO7/c1-19-4-14-26-20(2)29(38-30-32(26)25(19)16-17-31(3,39-30)40-41-32)34-28(36)18-37-24-12-8-22(9-13-24)27(35)15-7-21-5-10-23(33)11-6-21/h5-13,15,19-20,25-26,29-30H,4,14,16-18H2,1-3H3,(H,34,36)/b15-7+/t19-,20-,25+,26+,29-,30-,31+,32-/m1/s1. The minimum Gasteiger partial charge on any atom is -0.484 e. The molecule has 9 heteroatoms. The van der Waals surface area contributed by atoms with Crippen LogP contribution in [0.1, 0.15) is 62.4 Å². The van der Waals surface area contributed by atoms with E-state index >= 15 is 0 Å². The number of carbonyl (C=O) groups is 2. The number of hydrogen-bond donors (Lipinski definition) is 1. The van der Waals surface area contributed by atoms with Crippen LogP contribution in [0.5, 0.6) is 5.75 Å². The molecule has 218 valence electrons. The molecule has 5 aliphatic rings. The van der Waals surface area contributed by atoms with Crippen molar-refractivity contribution in [3.63, 3.8) is 0 Å². The Kier molecular flexibility index (Phi) is 7.72. The van der Waals surface area contributed by atoms with E-state index in [0.717, 1.165) is 31.2 Å². The van der Waals surface area contributed by atoms with Gasteiger partial charge in [-0.05, 0) is 86.1 Å². The predicted molar refractivity (Wildman–Crippen MR) is 152 cm³/mol. The Bertz CT molecular complexity index is 1310. The van der Waals surface area contributed by atoms with Crippen molar-refractivity contribution in [2.45, 2.75) is 70.4 Å². The minimum absolute atomic E-state index is 0.00826. The summed E-state index contributed by atoms with van der Waals surface area (Å²) in [5, 5.41) is 3.65. The number of hydrogen-bond acceptors (Lipinski definition) is 7. The molecule has 4 aliphatic heterocycles. The van der Waals surface area contributed by atoms with Crippen molar-refractivity contribution in [2.75, 3.05) is 6.61 Å². The second kappa shape index (κ2) is 11.2. The van der Waals surface area contributed by atoms with Gasteiger partial charge in [-0.2, -0.15) is 0 Å². The van der Waals surface area contributed by atoms with Crippen molar-refractivity contribution in [3.05, 3.63) is 70.8 Å². The Balaban J connectivity index is 1.06. The summed E-state index contributed by atoms with van der Waals surface area (Å²) in [5.41, 5.74) is 0.725. The first-order valence-corrected chi connectivity index (χ1v) is 14.7. The summed E-state index contributed by atoms with van der Waals surface area (Å²) in [7, 11) is 0. The van der Waals surface area contributed by atoms with Crippen LogP contribution in [0.4, 0.5) is 0 Å². The van der Waals surface area contributed by atoms with E-state index in [1.54, 1.807) is 42.5 Å². The van der Waals surface area contributed by atoms with Crippen LogP contribution >= 0.6 is 11.6 Å². The van der Waals surface area contributed by atoms with Crippen LogP contribution in [0.3, 0.4) is 0 Å². The summed E-state index contributed by atoms with van der Waals surface area (Å²) in [6.45, 7) is 6.06. The monoisotopic (exact) mass is 581 g/mol. The first kappa shape index (κ1) is 28.4. The molecule has 0 aromatic heterocycles. The number of nitrogens with one attached hydrogen (secondary N) is 1. The van der Waals surface area contributed by atoms with Crippen LogP contribution < -0.4 is 10.1 Å². The van der Waals surface area contributed by atoms with Crippen LogP contribution in [-0.4, -0.2) is 42.2 Å². The summed E-state index contributed by atoms with van der Waals surface area (Å²) >= 11 is 5.91. The lowest BCUT2D eigenvalue weighted by atomic mass is 9.58. The fourth-order valence-corrected chi connectivity index (χ4v) is 7.10. The third-order valence-electron chi connectivity index (χ3n) is 9.27. The normalized spacial score (nSPS) is 35.9. The van der Waals surface area contributed by atoms with Gasteiger partial charge in [-0.3, -0.25) is 9.59 Å². The summed E-state index contributed by atoms with van der Waals surface area (Å²) in [6, 6.07) is 13.9. The van der Waals surface area contributed by atoms with Crippen LogP contribution in [0, 0.1) is 23.7 Å². The van der Waals surface area contributed by atoms with Gasteiger partial charge in [0.25, 0.3) is 5.91 Å². The molecule has 0 unspecified atom stereocenters. The SMILES string of the molecule is C[C@H]1[C@H](NC(=O)COc2ccc(C(=O)/C=C/c3ccc(Cl)cc3)cc2)O[C@@H]2O[C@]3(C)CC[C@H]4[C@H](C)CC[C@@H]1[C@@]24OO3. The average molecular weight is 582 g/mol. The maximum atomic E-state index is 12.9. The molecule has 8 atom stereocenters. The Morgan fingerprint density at radius 2 is 1.78 bits per heavy atom. The number of allylic oxidation sites excluding steroid dienone is 1. The number of ether oxygens (including phenoxy) is 3. The van der Waals surface area contributed by atoms with Gasteiger partial charge in [0, 0.05) is 28.8 Å². The summed E-state index contributed by atoms with van der Waals surface area (Å²) < 4.78 is 18.5. The van der Waals surface area contributed by atoms with E-state index in [2.05, 4.69) is 19.2 Å². The van der Waals surface area contributed by atoms with E-state index in [9.17, 15) is 9.59 Å². The fraction of sp³-hybridized carbons (Fsp3) is 0.500. The second-order valence-electron chi connectivity index (χ2n) is 12.0. The number of halogens is 1. The lowest BCUT2D eigenvalue weighted by Crippen LogP contribution is -2.72. The van der Waals surface area contributed by atoms with Crippen molar-refractivity contribution in [1.82, 2.24) is 5.32 Å². The van der Waals surface area contributed by atoms with Gasteiger partial charge in [0.2, 0.25) is 5.79 Å². The van der Waals surface area contributed by atoms with E-state index < -0.39 is 23.9 Å². The number of amides is 1. The molecule has 1 spiro atoms. The molecule has 2 bridgehead atoms. The highest BCUT2D eigenvalue weighted by Gasteiger charge is 2.69. The zero-order valence-corrected chi connectivity index (χ0v) is 24.3. The maximum Gasteiger partial charge on any atom is 0.259 e. The number of fused-ring (bicyclic) bond motifs is 2. The number of benzene rings is 2. The molecule has 0 radical (unpaired) electrons. The molecule has 4 saturated heterocycles. The molecule has 8 nitrogen and oxygen atoms in total. The van der Waals surface area contributed by atoms with E-state index in [0.29, 0.717) is 22.3 Å². The molecule has 1 saturated carbocycles. The third kappa shape index (κ3) is 5.44. The van der Waals surface area contributed by atoms with Gasteiger partial charge in [-0.25, -0.2) is 9.78 Å². The Morgan fingerprint density at radius 1 is 1.02 bits per heavy atom. The van der Waals surface area contributed by atoms with Gasteiger partial charge in [0.1, 0.15) is 12.0 Å². The fourth-order valence-electron chi connectivity index (χ4n) is 6.98. The number of rotatable bonds is 7. The van der Waals surface area contributed by atoms with Crippen LogP contribution in [0.2, 0.25) is 5.02 Å². The Labute approximate surface area is 245 Å². The van der Waals surface area contributed by atoms with E-state index in [1.807, 2.05) is 19.1 Å². The van der Waals surface area contributed by atoms with Crippen LogP contribution in [0.15, 0.2) is 54.6 Å². The third-order valence-corrected chi connectivity index (χ3v) is 9.52. The minimum atomic E-state index is -0.866. The average Bonchev–Trinajstić information content (AvgIpc) is 3.20. The van der Waals surface area contributed by atoms with E-state index in [4.69, 9.17) is 35.6 Å². The molecule has 4 heterocycles. The van der Waals surface area contributed by atoms with Crippen molar-refractivity contribution in [2.24, 2.45) is 23.7 Å². The van der Waals surface area contributed by atoms with Gasteiger partial charge < -0.3 is 19.5 Å². The predicted octanol–water partition coefficient (Wildman–Crippen LogP) is 5.94. The van der Waals surface area contributed by atoms with Crippen LogP contribution in [0.25, 0.3) is 6.08 Å². The molecule has 2 aromatic rings. The van der Waals surface area contributed by atoms with Gasteiger partial charge in [0.05, 0.1) is 0 Å². The summed E-state index contributed by atoms with van der Waals surface area (Å²) in [5.74, 6) is 0.0330. The maximum absolute atomic E-state index is 12.9. The molecule has 1 aliphatic carbocycles. The van der Waals surface area contributed by atoms with Crippen molar-refractivity contribution in [1.29, 1.82) is 0 Å². The zero-order valence-electron chi connectivity index (χ0n) is 23.5. The van der Waals surface area contributed by atoms with Crippen molar-refractivity contribution >= 4 is 29.4 Å². The summed E-state index contributed by atoms with van der Waals surface area (Å²) in [6.07, 6.45) is 5.81. The van der Waals surface area contributed by atoms with Gasteiger partial charge in [0.15, 0.2) is 24.3 Å². The van der Waals surface area contributed by atoms with Crippen molar-refractivity contribution < 1.29 is 33.6 Å². The van der Waals surface area contributed by atoms with Crippen LogP contribution in [-0.2, 0) is 24.0 Å². The highest BCUT2D eigenvalue weighted by atomic mass is 35.5. The largest absolute Gasteiger partial charge is 0.484 e. The smallest absolute Gasteiger partial charge is 0.259 e. The molecule has 2 aromatic carbocycles. The highest BCUT2D eigenvalue weighted by Crippen LogP contribution is 2.60. The molecule has 41 heavy (non-hydrogen) atoms. The van der Waals surface area contributed by atoms with Gasteiger partial charge in [-0.1, -0.05) is 43.7 Å². The lowest BCUT2D eigenvalue weighted by Gasteiger charge is -2.60. The van der Waals surface area contributed by atoms with Crippen molar-refractivity contribution in [3.8, 4) is 5.75 Å². The van der Waals surface area contributed by atoms with E-state index in [1.165, 1.54) is 6.08 Å². The highest BCUT2D eigenvalue weighted by molar-refractivity contribution is 6.30. The Hall–Kier alpha value is -2.75. The van der Waals surface area contributed by atoms with Gasteiger partial charge in [-0.15, -0.1) is 0 Å². The summed E-state index contributed by atoms with van der Waals surface area (Å²) in [4.78, 5) is 37.5. The second-order valence-corrected chi connectivity index (χ2v) is 12.4.